The van der Waals surface area contributed by atoms with Gasteiger partial charge in [0.1, 0.15) is 0 Å². The Hall–Kier alpha value is 1.12. The van der Waals surface area contributed by atoms with E-state index in [2.05, 4.69) is 0 Å². The Balaban J connectivity index is 0. The van der Waals surface area contributed by atoms with Crippen molar-refractivity contribution in [2.45, 2.75) is 0 Å². The molecule has 3 nitrogen and oxygen atoms in total. The van der Waals surface area contributed by atoms with Crippen LogP contribution < -0.4 is 0 Å². The van der Waals surface area contributed by atoms with Gasteiger partial charge in [-0.3, -0.25) is 9.11 Å². The predicted molar refractivity (Wildman–Crippen MR) is 13.4 cm³/mol. The third-order valence-corrected chi connectivity index (χ3v) is 0. The second kappa shape index (κ2) is 5.12. The monoisotopic (exact) mass is 320 g/mol. The van der Waals surface area contributed by atoms with E-state index in [0.29, 0.717) is 0 Å². The minimum Gasteiger partial charge on any atom is -0.284 e. The summed E-state index contributed by atoms with van der Waals surface area (Å²) in [5.41, 5.74) is 0. The largest absolute Gasteiger partial charge is 0.299 e. The van der Waals surface area contributed by atoms with Crippen LogP contribution in [0.25, 0.3) is 0 Å². The maximum Gasteiger partial charge on any atom is 0.299 e. The standard InChI is InChI=1S/H2O3S.U/c1-4(2)3;/h(H2,1,2,3);. The molecule has 0 radical (unpaired) electrons. The van der Waals surface area contributed by atoms with Gasteiger partial charge in [-0.15, -0.1) is 0 Å². The summed E-state index contributed by atoms with van der Waals surface area (Å²) in [5.74, 6) is 0. The molecule has 0 aliphatic rings. The van der Waals surface area contributed by atoms with Gasteiger partial charge in [0.25, 0.3) is 11.4 Å². The summed E-state index contributed by atoms with van der Waals surface area (Å²) in [4.78, 5) is 0. The maximum absolute atomic E-state index is 8.67. The smallest absolute Gasteiger partial charge is 0.284 e. The molecule has 30 valence electrons. The number of hydrogen-bond acceptors (Lipinski definition) is 1. The summed E-state index contributed by atoms with van der Waals surface area (Å²) in [7, 11) is 0. The molecule has 0 heterocycles. The Bertz CT molecular complexity index is 29.9. The normalized spacial score (nSPS) is 7.00. The van der Waals surface area contributed by atoms with Crippen LogP contribution in [0.4, 0.5) is 0 Å². The van der Waals surface area contributed by atoms with Crippen molar-refractivity contribution in [3.05, 3.63) is 0 Å². The molecule has 0 atom stereocenters. The average Bonchev–Trinajstić information content (AvgIpc) is 0.811. The molecule has 0 amide bonds. The van der Waals surface area contributed by atoms with Crippen LogP contribution in [-0.2, 0) is 11.4 Å². The van der Waals surface area contributed by atoms with Gasteiger partial charge in [0.15, 0.2) is 0 Å². The van der Waals surface area contributed by atoms with Gasteiger partial charge in [-0.1, -0.05) is 0 Å². The predicted octanol–water partition coefficient (Wildman–Crippen LogP) is -0.319. The van der Waals surface area contributed by atoms with Gasteiger partial charge in [0.05, 0.1) is 0 Å². The zero-order valence-electron chi connectivity index (χ0n) is 2.21. The van der Waals surface area contributed by atoms with Crippen LogP contribution in [0.1, 0.15) is 0 Å². The van der Waals surface area contributed by atoms with Gasteiger partial charge in [0, 0.05) is 31.1 Å². The summed E-state index contributed by atoms with van der Waals surface area (Å²) >= 11 is -2.61. The van der Waals surface area contributed by atoms with Crippen molar-refractivity contribution in [3.63, 3.8) is 0 Å². The van der Waals surface area contributed by atoms with Crippen LogP contribution in [0.3, 0.4) is 0 Å². The molecule has 0 rings (SSSR count). The molecule has 0 fully saturated rings. The first-order valence-electron chi connectivity index (χ1n) is 0.532. The van der Waals surface area contributed by atoms with Gasteiger partial charge in [0.2, 0.25) is 0 Å². The van der Waals surface area contributed by atoms with Crippen molar-refractivity contribution in [1.29, 1.82) is 0 Å². The Morgan fingerprint density at radius 3 is 1.40 bits per heavy atom. The second-order valence-electron chi connectivity index (χ2n) is 0.231. The van der Waals surface area contributed by atoms with Crippen LogP contribution in [0.2, 0.25) is 0 Å². The van der Waals surface area contributed by atoms with Crippen molar-refractivity contribution in [3.8, 4) is 0 Å². The van der Waals surface area contributed by atoms with Crippen molar-refractivity contribution < 1.29 is 44.4 Å². The quantitative estimate of drug-likeness (QED) is 0.602. The minimum atomic E-state index is -2.61. The van der Waals surface area contributed by atoms with Gasteiger partial charge in [-0.05, 0) is 0 Å². The fourth-order valence-electron chi connectivity index (χ4n) is 0. The molecule has 0 aromatic rings. The summed E-state index contributed by atoms with van der Waals surface area (Å²) in [6, 6.07) is 0. The molecular weight excluding hydrogens is 318 g/mol. The number of rotatable bonds is 0. The third-order valence-electron chi connectivity index (χ3n) is 0. The van der Waals surface area contributed by atoms with Crippen LogP contribution in [0.15, 0.2) is 0 Å². The topological polar surface area (TPSA) is 57.5 Å². The molecule has 0 saturated heterocycles. The summed E-state index contributed by atoms with van der Waals surface area (Å²) in [6.45, 7) is 0. The third kappa shape index (κ3) is 39.7. The first kappa shape index (κ1) is 9.45. The average molecular weight is 320 g/mol. The van der Waals surface area contributed by atoms with E-state index in [1.165, 1.54) is 0 Å². The molecule has 0 aromatic carbocycles. The van der Waals surface area contributed by atoms with Crippen LogP contribution in [0.5, 0.6) is 0 Å². The zero-order valence-corrected chi connectivity index (χ0v) is 7.19. The van der Waals surface area contributed by atoms with Crippen molar-refractivity contribution in [1.82, 2.24) is 0 Å². The van der Waals surface area contributed by atoms with E-state index < -0.39 is 11.4 Å². The molecule has 0 bridgehead atoms. The van der Waals surface area contributed by atoms with E-state index >= 15 is 0 Å². The van der Waals surface area contributed by atoms with Crippen LogP contribution >= 0.6 is 0 Å². The van der Waals surface area contributed by atoms with Gasteiger partial charge >= 0.3 is 0 Å². The van der Waals surface area contributed by atoms with Crippen molar-refractivity contribution in [2.75, 3.05) is 0 Å². The van der Waals surface area contributed by atoms with E-state index in [-0.39, 0.29) is 31.1 Å². The van der Waals surface area contributed by atoms with Crippen molar-refractivity contribution in [2.24, 2.45) is 0 Å². The minimum absolute atomic E-state index is 0. The van der Waals surface area contributed by atoms with E-state index in [1.807, 2.05) is 0 Å². The van der Waals surface area contributed by atoms with Crippen molar-refractivity contribution >= 4 is 11.4 Å². The molecule has 0 spiro atoms. The Kier molecular flexibility index (Phi) is 9.68. The molecule has 0 aromatic heterocycles. The second-order valence-corrected chi connectivity index (χ2v) is 0.692. The molecule has 0 aliphatic heterocycles. The molecular formula is H2O3SU. The van der Waals surface area contributed by atoms with Gasteiger partial charge < -0.3 is 0 Å². The maximum atomic E-state index is 8.67. The Morgan fingerprint density at radius 1 is 1.40 bits per heavy atom. The molecule has 5 heavy (non-hydrogen) atoms. The summed E-state index contributed by atoms with van der Waals surface area (Å²) in [5, 5.41) is 0. The molecule has 2 N–H and O–H groups in total. The van der Waals surface area contributed by atoms with E-state index in [0.717, 1.165) is 0 Å². The summed E-state index contributed by atoms with van der Waals surface area (Å²) in [6.07, 6.45) is 0. The first-order valence-corrected chi connectivity index (χ1v) is 1.60. The van der Waals surface area contributed by atoms with Crippen LogP contribution in [-0.4, -0.2) is 13.3 Å². The first-order chi connectivity index (χ1) is 1.73. The van der Waals surface area contributed by atoms with E-state index in [1.54, 1.807) is 0 Å². The molecule has 0 unspecified atom stereocenters. The fourth-order valence-corrected chi connectivity index (χ4v) is 0. The molecule has 5 heteroatoms. The van der Waals surface area contributed by atoms with Crippen LogP contribution in [0, 0.1) is 31.1 Å². The zero-order chi connectivity index (χ0) is 3.58. The van der Waals surface area contributed by atoms with Gasteiger partial charge in [-0.25, -0.2) is 0 Å². The molecule has 0 aliphatic carbocycles. The van der Waals surface area contributed by atoms with Gasteiger partial charge in [-0.2, -0.15) is 4.21 Å². The molecule has 0 saturated carbocycles. The van der Waals surface area contributed by atoms with E-state index in [4.69, 9.17) is 13.3 Å². The SMILES string of the molecule is O=S(O)O.[U]. The Morgan fingerprint density at radius 2 is 1.40 bits per heavy atom. The van der Waals surface area contributed by atoms with E-state index in [9.17, 15) is 0 Å². The summed E-state index contributed by atoms with van der Waals surface area (Å²) < 4.78 is 22.8. The fraction of sp³-hybridized carbons (Fsp3) is 0. The Labute approximate surface area is 55.6 Å². The number of hydrogen-bond donors (Lipinski definition) is 2.